The van der Waals surface area contributed by atoms with E-state index in [1.807, 2.05) is 24.3 Å². The van der Waals surface area contributed by atoms with Gasteiger partial charge in [0.05, 0.1) is 0 Å². The topological polar surface area (TPSA) is 71.5 Å². The highest BCUT2D eigenvalue weighted by Gasteiger charge is 2.14. The van der Waals surface area contributed by atoms with Gasteiger partial charge in [-0.05, 0) is 45.4 Å². The molecule has 146 valence electrons. The van der Waals surface area contributed by atoms with Crippen molar-refractivity contribution >= 4 is 11.6 Å². The van der Waals surface area contributed by atoms with E-state index in [0.717, 1.165) is 41.8 Å². The molecular weight excluding hydrogens is 342 g/mol. The number of benzene rings is 1. The molecule has 0 aliphatic carbocycles. The quantitative estimate of drug-likeness (QED) is 0.700. The zero-order chi connectivity index (χ0) is 19.2. The molecule has 0 amide bonds. The molecule has 27 heavy (non-hydrogen) atoms. The molecule has 0 bridgehead atoms. The fourth-order valence-corrected chi connectivity index (χ4v) is 3.22. The largest absolute Gasteiger partial charge is 0.454 e. The van der Waals surface area contributed by atoms with Crippen LogP contribution in [0.2, 0.25) is 0 Å². The summed E-state index contributed by atoms with van der Waals surface area (Å²) in [7, 11) is 0. The second-order valence-electron chi connectivity index (χ2n) is 7.18. The van der Waals surface area contributed by atoms with Gasteiger partial charge in [-0.15, -0.1) is 0 Å². The molecule has 0 fully saturated rings. The van der Waals surface area contributed by atoms with Crippen LogP contribution in [-0.4, -0.2) is 46.8 Å². The first-order chi connectivity index (χ1) is 13.0. The third-order valence-corrected chi connectivity index (χ3v) is 4.58. The first-order valence-corrected chi connectivity index (χ1v) is 9.47. The Kier molecular flexibility index (Phi) is 6.34. The summed E-state index contributed by atoms with van der Waals surface area (Å²) >= 11 is 0. The van der Waals surface area contributed by atoms with Crippen LogP contribution < -0.4 is 20.1 Å². The fraction of sp³-hybridized carbons (Fsp3) is 0.500. The van der Waals surface area contributed by atoms with E-state index in [0.29, 0.717) is 18.6 Å². The standard InChI is InChI=1S/C20H29N5O2/c1-14(2)25(15(3)4)8-7-21-19-10-20(24-12-23-19)22-11-16-5-6-17-18(9-16)27-13-26-17/h5-6,9-10,12,14-15H,7-8,11,13H2,1-4H3,(H2,21,22,23,24). The summed E-state index contributed by atoms with van der Waals surface area (Å²) in [6, 6.07) is 8.92. The molecular formula is C20H29N5O2. The zero-order valence-corrected chi connectivity index (χ0v) is 16.5. The summed E-state index contributed by atoms with van der Waals surface area (Å²) in [5, 5.41) is 6.72. The van der Waals surface area contributed by atoms with E-state index in [1.54, 1.807) is 6.33 Å². The van der Waals surface area contributed by atoms with Crippen LogP contribution in [0.15, 0.2) is 30.6 Å². The van der Waals surface area contributed by atoms with Gasteiger partial charge < -0.3 is 20.1 Å². The van der Waals surface area contributed by atoms with Crippen molar-refractivity contribution in [1.29, 1.82) is 0 Å². The van der Waals surface area contributed by atoms with Crippen LogP contribution in [-0.2, 0) is 6.54 Å². The Morgan fingerprint density at radius 1 is 0.963 bits per heavy atom. The predicted molar refractivity (Wildman–Crippen MR) is 107 cm³/mol. The molecule has 1 aromatic heterocycles. The Labute approximate surface area is 161 Å². The molecule has 1 aliphatic heterocycles. The smallest absolute Gasteiger partial charge is 0.231 e. The van der Waals surface area contributed by atoms with E-state index < -0.39 is 0 Å². The van der Waals surface area contributed by atoms with Crippen LogP contribution in [0, 0.1) is 0 Å². The lowest BCUT2D eigenvalue weighted by atomic mass is 10.2. The van der Waals surface area contributed by atoms with E-state index in [4.69, 9.17) is 9.47 Å². The average molecular weight is 371 g/mol. The lowest BCUT2D eigenvalue weighted by molar-refractivity contribution is 0.174. The second kappa shape index (κ2) is 8.90. The van der Waals surface area contributed by atoms with E-state index >= 15 is 0 Å². The van der Waals surface area contributed by atoms with Crippen molar-refractivity contribution in [2.24, 2.45) is 0 Å². The van der Waals surface area contributed by atoms with Gasteiger partial charge >= 0.3 is 0 Å². The first kappa shape index (κ1) is 19.2. The molecule has 2 heterocycles. The maximum absolute atomic E-state index is 5.42. The Bertz CT molecular complexity index is 743. The van der Waals surface area contributed by atoms with Crippen LogP contribution in [0.4, 0.5) is 11.6 Å². The Balaban J connectivity index is 1.51. The third-order valence-electron chi connectivity index (χ3n) is 4.58. The molecule has 0 saturated carbocycles. The molecule has 1 aromatic carbocycles. The lowest BCUT2D eigenvalue weighted by Crippen LogP contribution is -2.40. The van der Waals surface area contributed by atoms with Gasteiger partial charge in [0, 0.05) is 37.8 Å². The number of nitrogens with zero attached hydrogens (tertiary/aromatic N) is 3. The van der Waals surface area contributed by atoms with E-state index in [2.05, 4.69) is 53.2 Å². The first-order valence-electron chi connectivity index (χ1n) is 9.47. The zero-order valence-electron chi connectivity index (χ0n) is 16.5. The van der Waals surface area contributed by atoms with Gasteiger partial charge in [-0.3, -0.25) is 4.90 Å². The van der Waals surface area contributed by atoms with Crippen molar-refractivity contribution in [3.8, 4) is 11.5 Å². The summed E-state index contributed by atoms with van der Waals surface area (Å²) in [6.07, 6.45) is 1.58. The Hall–Kier alpha value is -2.54. The Morgan fingerprint density at radius 2 is 1.67 bits per heavy atom. The van der Waals surface area contributed by atoms with E-state index in [9.17, 15) is 0 Å². The highest BCUT2D eigenvalue weighted by atomic mass is 16.7. The summed E-state index contributed by atoms with van der Waals surface area (Å²) in [5.41, 5.74) is 1.11. The predicted octanol–water partition coefficient (Wildman–Crippen LogP) is 3.35. The summed E-state index contributed by atoms with van der Waals surface area (Å²) in [4.78, 5) is 11.1. The number of hydrogen-bond donors (Lipinski definition) is 2. The van der Waals surface area contributed by atoms with Gasteiger partial charge in [-0.25, -0.2) is 9.97 Å². The van der Waals surface area contributed by atoms with Crippen molar-refractivity contribution in [1.82, 2.24) is 14.9 Å². The van der Waals surface area contributed by atoms with Crippen LogP contribution in [0.1, 0.15) is 33.3 Å². The van der Waals surface area contributed by atoms with Crippen LogP contribution in [0.3, 0.4) is 0 Å². The molecule has 1 aliphatic rings. The molecule has 0 radical (unpaired) electrons. The number of anilines is 2. The molecule has 0 unspecified atom stereocenters. The van der Waals surface area contributed by atoms with Gasteiger partial charge in [-0.1, -0.05) is 6.07 Å². The summed E-state index contributed by atoms with van der Waals surface area (Å²) < 4.78 is 10.8. The van der Waals surface area contributed by atoms with Crippen molar-refractivity contribution < 1.29 is 9.47 Å². The molecule has 3 rings (SSSR count). The average Bonchev–Trinajstić information content (AvgIpc) is 3.11. The minimum Gasteiger partial charge on any atom is -0.454 e. The van der Waals surface area contributed by atoms with E-state index in [-0.39, 0.29) is 6.79 Å². The van der Waals surface area contributed by atoms with Crippen molar-refractivity contribution in [3.63, 3.8) is 0 Å². The van der Waals surface area contributed by atoms with Crippen LogP contribution in [0.5, 0.6) is 11.5 Å². The molecule has 2 aromatic rings. The van der Waals surface area contributed by atoms with Crippen molar-refractivity contribution in [2.45, 2.75) is 46.3 Å². The van der Waals surface area contributed by atoms with E-state index in [1.165, 1.54) is 0 Å². The number of rotatable bonds is 9. The maximum atomic E-state index is 5.42. The molecule has 0 atom stereocenters. The SMILES string of the molecule is CC(C)N(CCNc1cc(NCc2ccc3c(c2)OCO3)ncn1)C(C)C. The molecule has 2 N–H and O–H groups in total. The van der Waals surface area contributed by atoms with Crippen LogP contribution >= 0.6 is 0 Å². The van der Waals surface area contributed by atoms with Gasteiger partial charge in [0.25, 0.3) is 0 Å². The highest BCUT2D eigenvalue weighted by Crippen LogP contribution is 2.32. The summed E-state index contributed by atoms with van der Waals surface area (Å²) in [5.74, 6) is 3.20. The molecule has 7 heteroatoms. The Morgan fingerprint density at radius 3 is 2.41 bits per heavy atom. The third kappa shape index (κ3) is 5.23. The minimum absolute atomic E-state index is 0.290. The number of fused-ring (bicyclic) bond motifs is 1. The highest BCUT2D eigenvalue weighted by molar-refractivity contribution is 5.48. The number of aromatic nitrogens is 2. The molecule has 7 nitrogen and oxygen atoms in total. The normalized spacial score (nSPS) is 12.9. The second-order valence-corrected chi connectivity index (χ2v) is 7.18. The summed E-state index contributed by atoms with van der Waals surface area (Å²) in [6.45, 7) is 11.7. The monoisotopic (exact) mass is 371 g/mol. The number of ether oxygens (including phenoxy) is 2. The molecule has 0 spiro atoms. The van der Waals surface area contributed by atoms with Crippen molar-refractivity contribution in [3.05, 3.63) is 36.2 Å². The van der Waals surface area contributed by atoms with Gasteiger partial charge in [0.15, 0.2) is 11.5 Å². The maximum Gasteiger partial charge on any atom is 0.231 e. The number of nitrogens with one attached hydrogen (secondary N) is 2. The van der Waals surface area contributed by atoms with Gasteiger partial charge in [0.2, 0.25) is 6.79 Å². The van der Waals surface area contributed by atoms with Gasteiger partial charge in [0.1, 0.15) is 18.0 Å². The number of hydrogen-bond acceptors (Lipinski definition) is 7. The minimum atomic E-state index is 0.290. The van der Waals surface area contributed by atoms with Crippen LogP contribution in [0.25, 0.3) is 0 Å². The molecule has 0 saturated heterocycles. The van der Waals surface area contributed by atoms with Crippen molar-refractivity contribution in [2.75, 3.05) is 30.5 Å². The fourth-order valence-electron chi connectivity index (χ4n) is 3.22. The lowest BCUT2D eigenvalue weighted by Gasteiger charge is -2.30. The van der Waals surface area contributed by atoms with Gasteiger partial charge in [-0.2, -0.15) is 0 Å².